The van der Waals surface area contributed by atoms with Gasteiger partial charge in [-0.3, -0.25) is 9.59 Å². The quantitative estimate of drug-likeness (QED) is 0.559. The molecular weight excluding hydrogens is 228 g/mol. The van der Waals surface area contributed by atoms with Crippen molar-refractivity contribution < 1.29 is 14.3 Å². The van der Waals surface area contributed by atoms with Crippen LogP contribution in [-0.4, -0.2) is 18.9 Å². The predicted octanol–water partition coefficient (Wildman–Crippen LogP) is 2.60. The van der Waals surface area contributed by atoms with Crippen molar-refractivity contribution in [2.75, 3.05) is 7.11 Å². The Morgan fingerprint density at radius 3 is 2.61 bits per heavy atom. The first-order valence-corrected chi connectivity index (χ1v) is 6.60. The van der Waals surface area contributed by atoms with Gasteiger partial charge >= 0.3 is 5.97 Å². The van der Waals surface area contributed by atoms with Crippen LogP contribution in [0.1, 0.15) is 33.6 Å². The molecule has 3 unspecified atom stereocenters. The molecule has 3 rings (SSSR count). The summed E-state index contributed by atoms with van der Waals surface area (Å²) in [7, 11) is 1.43. The first kappa shape index (κ1) is 13.3. The number of carbonyl (C=O) groups excluding carboxylic acids is 2. The minimum absolute atomic E-state index is 0.0385. The number of hydrogen-bond acceptors (Lipinski definition) is 3. The van der Waals surface area contributed by atoms with Gasteiger partial charge in [0.25, 0.3) is 0 Å². The molecule has 0 saturated heterocycles. The average molecular weight is 250 g/mol. The molecule has 0 aliphatic heterocycles. The Morgan fingerprint density at radius 2 is 2.11 bits per heavy atom. The Balaban J connectivity index is 2.38. The van der Waals surface area contributed by atoms with Crippen molar-refractivity contribution in [3.05, 3.63) is 12.2 Å². The molecule has 0 radical (unpaired) electrons. The topological polar surface area (TPSA) is 43.4 Å². The number of carbonyl (C=O) groups is 2. The molecule has 0 amide bonds. The Morgan fingerprint density at radius 1 is 1.50 bits per heavy atom. The number of ether oxygens (including phenoxy) is 1. The molecule has 3 aliphatic rings. The van der Waals surface area contributed by atoms with Crippen LogP contribution < -0.4 is 0 Å². The van der Waals surface area contributed by atoms with Crippen molar-refractivity contribution in [1.82, 2.24) is 0 Å². The fraction of sp³-hybridized carbons (Fsp3) is 0.733. The number of hydrogen-bond donors (Lipinski definition) is 0. The highest BCUT2D eigenvalue weighted by atomic mass is 16.5. The highest BCUT2D eigenvalue weighted by molar-refractivity contribution is 5.91. The first-order chi connectivity index (χ1) is 8.32. The molecule has 0 aromatic heterocycles. The van der Waals surface area contributed by atoms with Crippen LogP contribution in [0.4, 0.5) is 0 Å². The van der Waals surface area contributed by atoms with Gasteiger partial charge < -0.3 is 4.74 Å². The van der Waals surface area contributed by atoms with E-state index in [4.69, 9.17) is 4.74 Å². The number of ketones is 1. The molecule has 2 bridgehead atoms. The summed E-state index contributed by atoms with van der Waals surface area (Å²) in [6.07, 6.45) is 1.50. The van der Waals surface area contributed by atoms with E-state index in [1.54, 1.807) is 0 Å². The largest absolute Gasteiger partial charge is 0.469 e. The van der Waals surface area contributed by atoms with Crippen molar-refractivity contribution in [1.29, 1.82) is 0 Å². The van der Waals surface area contributed by atoms with Crippen LogP contribution in [0.25, 0.3) is 0 Å². The van der Waals surface area contributed by atoms with E-state index in [0.29, 0.717) is 12.2 Å². The summed E-state index contributed by atoms with van der Waals surface area (Å²) in [5.74, 6) is 0.310. The van der Waals surface area contributed by atoms with E-state index < -0.39 is 5.41 Å². The lowest BCUT2D eigenvalue weighted by Gasteiger charge is -2.55. The van der Waals surface area contributed by atoms with Crippen LogP contribution >= 0.6 is 0 Å². The first-order valence-electron chi connectivity index (χ1n) is 6.60. The Labute approximate surface area is 109 Å². The molecule has 3 fully saturated rings. The summed E-state index contributed by atoms with van der Waals surface area (Å²) in [5, 5.41) is 0. The zero-order chi connectivity index (χ0) is 13.7. The Bertz CT molecular complexity index is 412. The lowest BCUT2D eigenvalue weighted by atomic mass is 9.47. The summed E-state index contributed by atoms with van der Waals surface area (Å²) >= 11 is 0. The number of fused-ring (bicyclic) bond motifs is 3. The van der Waals surface area contributed by atoms with Crippen LogP contribution in [0.15, 0.2) is 12.2 Å². The molecule has 0 aromatic carbocycles. The minimum atomic E-state index is -0.432. The lowest BCUT2D eigenvalue weighted by Crippen LogP contribution is -2.57. The predicted molar refractivity (Wildman–Crippen MR) is 68.8 cm³/mol. The van der Waals surface area contributed by atoms with E-state index in [0.717, 1.165) is 12.0 Å². The fourth-order valence-electron chi connectivity index (χ4n) is 4.14. The van der Waals surface area contributed by atoms with Gasteiger partial charge in [0.2, 0.25) is 0 Å². The molecule has 0 N–H and O–H groups in total. The normalized spacial score (nSPS) is 42.8. The third kappa shape index (κ3) is 1.63. The summed E-state index contributed by atoms with van der Waals surface area (Å²) in [5.41, 5.74) is 0.629. The molecule has 3 saturated carbocycles. The van der Waals surface area contributed by atoms with Gasteiger partial charge in [-0.05, 0) is 31.6 Å². The monoisotopic (exact) mass is 250 g/mol. The summed E-state index contributed by atoms with van der Waals surface area (Å²) in [6, 6.07) is 0. The third-order valence-corrected chi connectivity index (χ3v) is 5.16. The van der Waals surface area contributed by atoms with Gasteiger partial charge in [-0.2, -0.15) is 0 Å². The molecule has 0 spiro atoms. The minimum Gasteiger partial charge on any atom is -0.469 e. The standard InChI is InChI=1S/C15H22O3/c1-8(2)12-6-10-9(3)13(16)15(12,4)7-11(10)14(17)18-5/h9-12H,1,6-7H2,2-5H3/t9?,10?,11?,12-,15-/m0/s1. The van der Waals surface area contributed by atoms with E-state index in [-0.39, 0.29) is 29.6 Å². The number of allylic oxidation sites excluding steroid dienone is 1. The summed E-state index contributed by atoms with van der Waals surface area (Å²) in [6.45, 7) is 9.96. The smallest absolute Gasteiger partial charge is 0.308 e. The number of rotatable bonds is 2. The average Bonchev–Trinajstić information content (AvgIpc) is 2.33. The van der Waals surface area contributed by atoms with Crippen molar-refractivity contribution in [2.24, 2.45) is 29.1 Å². The van der Waals surface area contributed by atoms with Gasteiger partial charge in [-0.15, -0.1) is 0 Å². The van der Waals surface area contributed by atoms with Crippen LogP contribution in [0.3, 0.4) is 0 Å². The summed E-state index contributed by atoms with van der Waals surface area (Å²) in [4.78, 5) is 24.4. The number of methoxy groups -OCH3 is 1. The number of esters is 1. The molecular formula is C15H22O3. The maximum Gasteiger partial charge on any atom is 0.308 e. The van der Waals surface area contributed by atoms with Gasteiger partial charge in [0, 0.05) is 11.3 Å². The van der Waals surface area contributed by atoms with E-state index in [1.165, 1.54) is 7.11 Å². The van der Waals surface area contributed by atoms with E-state index in [1.807, 2.05) is 20.8 Å². The van der Waals surface area contributed by atoms with Gasteiger partial charge in [0.15, 0.2) is 0 Å². The SMILES string of the molecule is C=C(C)[C@@H]1CC2C(C)C(=O)[C@@]1(C)CC2C(=O)OC. The maximum atomic E-state index is 12.5. The highest BCUT2D eigenvalue weighted by Crippen LogP contribution is 2.58. The number of Topliss-reactive ketones (excluding diaryl/α,β-unsaturated/α-hetero) is 1. The second kappa shape index (κ2) is 4.22. The molecule has 3 heteroatoms. The van der Waals surface area contributed by atoms with Gasteiger partial charge in [0.1, 0.15) is 5.78 Å². The zero-order valence-electron chi connectivity index (χ0n) is 11.7. The molecule has 0 heterocycles. The molecule has 3 aliphatic carbocycles. The third-order valence-electron chi connectivity index (χ3n) is 5.16. The Hall–Kier alpha value is -1.12. The van der Waals surface area contributed by atoms with Gasteiger partial charge in [-0.1, -0.05) is 26.0 Å². The van der Waals surface area contributed by atoms with Crippen molar-refractivity contribution in [3.63, 3.8) is 0 Å². The zero-order valence-corrected chi connectivity index (χ0v) is 11.7. The molecule has 5 atom stereocenters. The van der Waals surface area contributed by atoms with Crippen LogP contribution in [0.2, 0.25) is 0 Å². The lowest BCUT2D eigenvalue weighted by molar-refractivity contribution is -0.167. The molecule has 18 heavy (non-hydrogen) atoms. The second-order valence-electron chi connectivity index (χ2n) is 6.20. The maximum absolute atomic E-state index is 12.5. The van der Waals surface area contributed by atoms with E-state index >= 15 is 0 Å². The fourth-order valence-corrected chi connectivity index (χ4v) is 4.14. The van der Waals surface area contributed by atoms with Crippen molar-refractivity contribution >= 4 is 11.8 Å². The highest BCUT2D eigenvalue weighted by Gasteiger charge is 2.59. The molecule has 0 aromatic rings. The summed E-state index contributed by atoms with van der Waals surface area (Å²) < 4.78 is 4.89. The van der Waals surface area contributed by atoms with Crippen LogP contribution in [0, 0.1) is 29.1 Å². The molecule has 100 valence electrons. The van der Waals surface area contributed by atoms with Gasteiger partial charge in [-0.25, -0.2) is 0 Å². The van der Waals surface area contributed by atoms with Crippen molar-refractivity contribution in [3.8, 4) is 0 Å². The molecule has 3 nitrogen and oxygen atoms in total. The van der Waals surface area contributed by atoms with Gasteiger partial charge in [0.05, 0.1) is 13.0 Å². The van der Waals surface area contributed by atoms with Crippen LogP contribution in [-0.2, 0) is 14.3 Å². The van der Waals surface area contributed by atoms with Crippen LogP contribution in [0.5, 0.6) is 0 Å². The van der Waals surface area contributed by atoms with E-state index in [2.05, 4.69) is 6.58 Å². The second-order valence-corrected chi connectivity index (χ2v) is 6.20. The van der Waals surface area contributed by atoms with Crippen molar-refractivity contribution in [2.45, 2.75) is 33.6 Å². The van der Waals surface area contributed by atoms with E-state index in [9.17, 15) is 9.59 Å². The Kier molecular flexibility index (Phi) is 3.12.